The first-order valence-electron chi connectivity index (χ1n) is 10.3. The van der Waals surface area contributed by atoms with Gasteiger partial charge >= 0.3 is 0 Å². The minimum atomic E-state index is -0.0862. The van der Waals surface area contributed by atoms with Crippen LogP contribution in [0.1, 0.15) is 48.9 Å². The van der Waals surface area contributed by atoms with Crippen molar-refractivity contribution in [1.82, 2.24) is 9.80 Å². The van der Waals surface area contributed by atoms with E-state index in [2.05, 4.69) is 0 Å². The SMILES string of the molecule is O=C(CCC1CCCC1)N1CCN(C(=O)c2cc(Cl)c3c(c2)OCCO3)CC1. The fourth-order valence-electron chi connectivity index (χ4n) is 4.36. The Labute approximate surface area is 170 Å². The third-order valence-corrected chi connectivity index (χ3v) is 6.29. The Bertz CT molecular complexity index is 740. The van der Waals surface area contributed by atoms with Crippen molar-refractivity contribution in [3.05, 3.63) is 22.7 Å². The Morgan fingerprint density at radius 3 is 2.43 bits per heavy atom. The molecule has 1 saturated heterocycles. The zero-order valence-corrected chi connectivity index (χ0v) is 16.9. The van der Waals surface area contributed by atoms with Crippen molar-refractivity contribution < 1.29 is 19.1 Å². The molecule has 0 aromatic heterocycles. The third-order valence-electron chi connectivity index (χ3n) is 6.00. The lowest BCUT2D eigenvalue weighted by Crippen LogP contribution is -2.50. The molecule has 7 heteroatoms. The van der Waals surface area contributed by atoms with E-state index in [4.69, 9.17) is 21.1 Å². The van der Waals surface area contributed by atoms with Crippen LogP contribution in [-0.2, 0) is 4.79 Å². The molecule has 152 valence electrons. The number of rotatable bonds is 4. The van der Waals surface area contributed by atoms with Crippen molar-refractivity contribution in [3.63, 3.8) is 0 Å². The van der Waals surface area contributed by atoms with Crippen LogP contribution in [0.25, 0.3) is 0 Å². The number of amides is 2. The topological polar surface area (TPSA) is 59.1 Å². The summed E-state index contributed by atoms with van der Waals surface area (Å²) in [6.45, 7) is 3.17. The highest BCUT2D eigenvalue weighted by atomic mass is 35.5. The van der Waals surface area contributed by atoms with Crippen molar-refractivity contribution >= 4 is 23.4 Å². The van der Waals surface area contributed by atoms with E-state index in [1.807, 2.05) is 4.90 Å². The van der Waals surface area contributed by atoms with Gasteiger partial charge in [-0.05, 0) is 24.5 Å². The molecule has 6 nitrogen and oxygen atoms in total. The minimum Gasteiger partial charge on any atom is -0.486 e. The van der Waals surface area contributed by atoms with Crippen LogP contribution in [0, 0.1) is 5.92 Å². The molecule has 0 atom stereocenters. The summed E-state index contributed by atoms with van der Waals surface area (Å²) in [5, 5.41) is 0.390. The first-order chi connectivity index (χ1) is 13.6. The highest BCUT2D eigenvalue weighted by Gasteiger charge is 2.27. The van der Waals surface area contributed by atoms with Crippen LogP contribution >= 0.6 is 11.6 Å². The van der Waals surface area contributed by atoms with Crippen LogP contribution in [0.5, 0.6) is 11.5 Å². The minimum absolute atomic E-state index is 0.0862. The number of hydrogen-bond acceptors (Lipinski definition) is 4. The van der Waals surface area contributed by atoms with Gasteiger partial charge in [0, 0.05) is 38.2 Å². The summed E-state index contributed by atoms with van der Waals surface area (Å²) in [6, 6.07) is 3.33. The summed E-state index contributed by atoms with van der Waals surface area (Å²) in [5.41, 5.74) is 0.496. The van der Waals surface area contributed by atoms with Crippen molar-refractivity contribution in [2.75, 3.05) is 39.4 Å². The summed E-state index contributed by atoms with van der Waals surface area (Å²) < 4.78 is 11.1. The lowest BCUT2D eigenvalue weighted by Gasteiger charge is -2.35. The van der Waals surface area contributed by atoms with Crippen molar-refractivity contribution in [2.24, 2.45) is 5.92 Å². The second-order valence-electron chi connectivity index (χ2n) is 7.84. The molecule has 2 heterocycles. The van der Waals surface area contributed by atoms with Gasteiger partial charge in [0.2, 0.25) is 5.91 Å². The predicted molar refractivity (Wildman–Crippen MR) is 106 cm³/mol. The molecule has 2 aliphatic heterocycles. The third kappa shape index (κ3) is 4.22. The lowest BCUT2D eigenvalue weighted by molar-refractivity contribution is -0.133. The van der Waals surface area contributed by atoms with Gasteiger partial charge in [-0.1, -0.05) is 37.3 Å². The molecule has 3 aliphatic rings. The second-order valence-corrected chi connectivity index (χ2v) is 8.25. The number of nitrogens with zero attached hydrogens (tertiary/aromatic N) is 2. The van der Waals surface area contributed by atoms with Crippen molar-refractivity contribution in [3.8, 4) is 11.5 Å². The zero-order chi connectivity index (χ0) is 19.5. The molecule has 0 radical (unpaired) electrons. The molecule has 2 amide bonds. The maximum Gasteiger partial charge on any atom is 0.254 e. The van der Waals surface area contributed by atoms with Gasteiger partial charge in [-0.2, -0.15) is 0 Å². The van der Waals surface area contributed by atoms with Gasteiger partial charge in [-0.25, -0.2) is 0 Å². The van der Waals surface area contributed by atoms with E-state index in [-0.39, 0.29) is 11.8 Å². The summed E-state index contributed by atoms with van der Waals surface area (Å²) in [5.74, 6) is 1.88. The Balaban J connectivity index is 1.31. The molecule has 4 rings (SSSR count). The number of piperazine rings is 1. The Morgan fingerprint density at radius 1 is 1.00 bits per heavy atom. The first kappa shape index (κ1) is 19.4. The molecule has 1 aromatic carbocycles. The number of carbonyl (C=O) groups excluding carboxylic acids is 2. The fraction of sp³-hybridized carbons (Fsp3) is 0.619. The summed E-state index contributed by atoms with van der Waals surface area (Å²) in [4.78, 5) is 29.0. The zero-order valence-electron chi connectivity index (χ0n) is 16.1. The van der Waals surface area contributed by atoms with Crippen LogP contribution < -0.4 is 9.47 Å². The van der Waals surface area contributed by atoms with Crippen LogP contribution in [0.15, 0.2) is 12.1 Å². The molecule has 1 saturated carbocycles. The maximum atomic E-state index is 12.9. The highest BCUT2D eigenvalue weighted by Crippen LogP contribution is 2.38. The van der Waals surface area contributed by atoms with E-state index < -0.39 is 0 Å². The van der Waals surface area contributed by atoms with Gasteiger partial charge in [0.05, 0.1) is 5.02 Å². The van der Waals surface area contributed by atoms with Crippen LogP contribution in [0.2, 0.25) is 5.02 Å². The van der Waals surface area contributed by atoms with Gasteiger partial charge in [0.1, 0.15) is 13.2 Å². The van der Waals surface area contributed by atoms with E-state index in [1.165, 1.54) is 25.7 Å². The van der Waals surface area contributed by atoms with Crippen LogP contribution in [0.3, 0.4) is 0 Å². The molecule has 1 aliphatic carbocycles. The normalized spacial score (nSPS) is 19.8. The number of ether oxygens (including phenoxy) is 2. The van der Waals surface area contributed by atoms with E-state index in [9.17, 15) is 9.59 Å². The van der Waals surface area contributed by atoms with E-state index in [0.717, 1.165) is 12.3 Å². The second kappa shape index (κ2) is 8.60. The molecule has 0 unspecified atom stereocenters. The Hall–Kier alpha value is -1.95. The average Bonchev–Trinajstić information content (AvgIpc) is 3.25. The number of hydrogen-bond donors (Lipinski definition) is 0. The number of fused-ring (bicyclic) bond motifs is 1. The molecule has 1 aromatic rings. The largest absolute Gasteiger partial charge is 0.486 e. The smallest absolute Gasteiger partial charge is 0.254 e. The van der Waals surface area contributed by atoms with Crippen LogP contribution in [-0.4, -0.2) is 61.0 Å². The molecule has 2 fully saturated rings. The van der Waals surface area contributed by atoms with E-state index in [1.54, 1.807) is 17.0 Å². The lowest BCUT2D eigenvalue weighted by atomic mass is 10.0. The Morgan fingerprint density at radius 2 is 1.68 bits per heavy atom. The van der Waals surface area contributed by atoms with Gasteiger partial charge in [-0.3, -0.25) is 9.59 Å². The molecular weight excluding hydrogens is 380 g/mol. The summed E-state index contributed by atoms with van der Waals surface area (Å²) in [7, 11) is 0. The van der Waals surface area contributed by atoms with Crippen molar-refractivity contribution in [2.45, 2.75) is 38.5 Å². The monoisotopic (exact) mass is 406 g/mol. The van der Waals surface area contributed by atoms with Gasteiger partial charge in [0.25, 0.3) is 5.91 Å². The molecule has 0 spiro atoms. The predicted octanol–water partition coefficient (Wildman–Crippen LogP) is 3.37. The van der Waals surface area contributed by atoms with E-state index in [0.29, 0.717) is 67.9 Å². The first-order valence-corrected chi connectivity index (χ1v) is 10.7. The van der Waals surface area contributed by atoms with Gasteiger partial charge in [0.15, 0.2) is 11.5 Å². The summed E-state index contributed by atoms with van der Waals surface area (Å²) >= 11 is 6.25. The average molecular weight is 407 g/mol. The fourth-order valence-corrected chi connectivity index (χ4v) is 4.63. The van der Waals surface area contributed by atoms with Gasteiger partial charge < -0.3 is 19.3 Å². The Kier molecular flexibility index (Phi) is 5.95. The standard InChI is InChI=1S/C21H27ClN2O4/c22-17-13-16(14-18-20(17)28-12-11-27-18)21(26)24-9-7-23(8-10-24)19(25)6-5-15-3-1-2-4-15/h13-15H,1-12H2. The van der Waals surface area contributed by atoms with Gasteiger partial charge in [-0.15, -0.1) is 0 Å². The number of halogens is 1. The van der Waals surface area contributed by atoms with Crippen molar-refractivity contribution in [1.29, 1.82) is 0 Å². The molecule has 28 heavy (non-hydrogen) atoms. The maximum absolute atomic E-state index is 12.9. The highest BCUT2D eigenvalue weighted by molar-refractivity contribution is 6.32. The summed E-state index contributed by atoms with van der Waals surface area (Å²) in [6.07, 6.45) is 6.80. The number of benzene rings is 1. The van der Waals surface area contributed by atoms with E-state index >= 15 is 0 Å². The molecule has 0 bridgehead atoms. The molecule has 0 N–H and O–H groups in total. The van der Waals surface area contributed by atoms with Crippen LogP contribution in [0.4, 0.5) is 0 Å². The quantitative estimate of drug-likeness (QED) is 0.769. The number of carbonyl (C=O) groups is 2. The molecular formula is C21H27ClN2O4.